The summed E-state index contributed by atoms with van der Waals surface area (Å²) in [4.78, 5) is 34.2. The fourth-order valence-corrected chi connectivity index (χ4v) is 2.78. The average Bonchev–Trinajstić information content (AvgIpc) is 2.68. The molecule has 0 aromatic carbocycles. The van der Waals surface area contributed by atoms with Gasteiger partial charge in [-0.1, -0.05) is 6.07 Å². The maximum absolute atomic E-state index is 12.2. The van der Waals surface area contributed by atoms with Crippen molar-refractivity contribution in [3.63, 3.8) is 0 Å². The second-order valence-corrected chi connectivity index (χ2v) is 5.95. The van der Waals surface area contributed by atoms with Crippen molar-refractivity contribution in [2.45, 2.75) is 25.4 Å². The Bertz CT molecular complexity index is 700. The molecular weight excluding hydrogens is 318 g/mol. The van der Waals surface area contributed by atoms with Gasteiger partial charge in [-0.25, -0.2) is 4.79 Å². The van der Waals surface area contributed by atoms with Crippen LogP contribution in [0, 0.1) is 0 Å². The first kappa shape index (κ1) is 16.9. The Kier molecular flexibility index (Phi) is 5.56. The highest BCUT2D eigenvalue weighted by Crippen LogP contribution is 2.11. The molecule has 0 bridgehead atoms. The highest BCUT2D eigenvalue weighted by Gasteiger charge is 2.24. The number of urea groups is 1. The van der Waals surface area contributed by atoms with E-state index in [9.17, 15) is 9.59 Å². The van der Waals surface area contributed by atoms with Crippen LogP contribution >= 0.6 is 0 Å². The summed E-state index contributed by atoms with van der Waals surface area (Å²) in [6.45, 7) is 1.66. The van der Waals surface area contributed by atoms with Gasteiger partial charge in [-0.3, -0.25) is 14.8 Å². The van der Waals surface area contributed by atoms with Gasteiger partial charge in [0.25, 0.3) is 5.91 Å². The zero-order valence-corrected chi connectivity index (χ0v) is 13.9. The van der Waals surface area contributed by atoms with Crippen molar-refractivity contribution in [2.24, 2.45) is 0 Å². The zero-order chi connectivity index (χ0) is 17.5. The topological polar surface area (TPSA) is 87.2 Å². The Labute approximate surface area is 146 Å². The number of carbonyl (C=O) groups is 2. The van der Waals surface area contributed by atoms with E-state index >= 15 is 0 Å². The monoisotopic (exact) mass is 339 g/mol. The quantitative estimate of drug-likeness (QED) is 0.885. The fourth-order valence-electron chi connectivity index (χ4n) is 2.78. The number of nitrogens with zero attached hydrogens (tertiary/aromatic N) is 3. The van der Waals surface area contributed by atoms with Gasteiger partial charge in [0.1, 0.15) is 0 Å². The number of carbonyl (C=O) groups excluding carboxylic acids is 2. The van der Waals surface area contributed by atoms with E-state index in [1.807, 2.05) is 18.2 Å². The minimum absolute atomic E-state index is 0.0838. The summed E-state index contributed by atoms with van der Waals surface area (Å²) < 4.78 is 0. The molecule has 0 aliphatic carbocycles. The number of rotatable bonds is 4. The van der Waals surface area contributed by atoms with Gasteiger partial charge in [-0.05, 0) is 37.1 Å². The molecule has 1 saturated heterocycles. The third kappa shape index (κ3) is 4.76. The molecule has 25 heavy (non-hydrogen) atoms. The number of hydrogen-bond acceptors (Lipinski definition) is 4. The van der Waals surface area contributed by atoms with Crippen molar-refractivity contribution in [2.75, 3.05) is 13.1 Å². The number of pyridine rings is 2. The van der Waals surface area contributed by atoms with Crippen molar-refractivity contribution in [3.05, 3.63) is 60.2 Å². The standard InChI is InChI=1S/C18H21N5O2/c24-17(14-4-9-19-10-5-14)22-15-6-11-23(12-7-15)18(25)21-13-16-3-1-2-8-20-16/h1-5,8-10,15H,6-7,11-13H2,(H,21,25)(H,22,24). The minimum atomic E-state index is -0.0968. The van der Waals surface area contributed by atoms with Gasteiger partial charge in [0, 0.05) is 43.3 Å². The van der Waals surface area contributed by atoms with Crippen LogP contribution in [0.3, 0.4) is 0 Å². The van der Waals surface area contributed by atoms with Gasteiger partial charge in [0.15, 0.2) is 0 Å². The number of piperidine rings is 1. The van der Waals surface area contributed by atoms with E-state index in [-0.39, 0.29) is 18.0 Å². The van der Waals surface area contributed by atoms with E-state index < -0.39 is 0 Å². The number of likely N-dealkylation sites (tertiary alicyclic amines) is 1. The predicted molar refractivity (Wildman–Crippen MR) is 92.8 cm³/mol. The SMILES string of the molecule is O=C(NC1CCN(C(=O)NCc2ccccn2)CC1)c1ccncc1. The third-order valence-corrected chi connectivity index (χ3v) is 4.21. The summed E-state index contributed by atoms with van der Waals surface area (Å²) >= 11 is 0. The molecule has 1 fully saturated rings. The Morgan fingerprint density at radius 2 is 1.84 bits per heavy atom. The second-order valence-electron chi connectivity index (χ2n) is 5.95. The third-order valence-electron chi connectivity index (χ3n) is 4.21. The summed E-state index contributed by atoms with van der Waals surface area (Å²) in [5, 5.41) is 5.90. The Balaban J connectivity index is 1.42. The summed E-state index contributed by atoms with van der Waals surface area (Å²) in [7, 11) is 0. The number of amides is 3. The number of hydrogen-bond donors (Lipinski definition) is 2. The van der Waals surface area contributed by atoms with Crippen LogP contribution in [0.25, 0.3) is 0 Å². The van der Waals surface area contributed by atoms with Gasteiger partial charge in [0.05, 0.1) is 12.2 Å². The first-order valence-electron chi connectivity index (χ1n) is 8.36. The lowest BCUT2D eigenvalue weighted by Crippen LogP contribution is -2.49. The van der Waals surface area contributed by atoms with E-state index in [0.717, 1.165) is 18.5 Å². The highest BCUT2D eigenvalue weighted by molar-refractivity contribution is 5.94. The highest BCUT2D eigenvalue weighted by atomic mass is 16.2. The molecule has 7 heteroatoms. The van der Waals surface area contributed by atoms with Crippen molar-refractivity contribution >= 4 is 11.9 Å². The molecule has 1 aliphatic heterocycles. The summed E-state index contributed by atoms with van der Waals surface area (Å²) in [6.07, 6.45) is 6.40. The van der Waals surface area contributed by atoms with Crippen molar-refractivity contribution in [1.29, 1.82) is 0 Å². The molecule has 3 rings (SSSR count). The fraction of sp³-hybridized carbons (Fsp3) is 0.333. The van der Waals surface area contributed by atoms with Crippen LogP contribution in [-0.2, 0) is 6.54 Å². The molecule has 2 N–H and O–H groups in total. The summed E-state index contributed by atoms with van der Waals surface area (Å²) in [5.41, 5.74) is 1.43. The van der Waals surface area contributed by atoms with Gasteiger partial charge >= 0.3 is 6.03 Å². The molecule has 0 radical (unpaired) electrons. The molecular formula is C18H21N5O2. The maximum atomic E-state index is 12.2. The largest absolute Gasteiger partial charge is 0.349 e. The van der Waals surface area contributed by atoms with Gasteiger partial charge in [0.2, 0.25) is 0 Å². The van der Waals surface area contributed by atoms with Gasteiger partial charge < -0.3 is 15.5 Å². The van der Waals surface area contributed by atoms with E-state index in [4.69, 9.17) is 0 Å². The lowest BCUT2D eigenvalue weighted by Gasteiger charge is -2.32. The molecule has 3 amide bonds. The molecule has 2 aromatic heterocycles. The van der Waals surface area contributed by atoms with E-state index in [2.05, 4.69) is 20.6 Å². The van der Waals surface area contributed by atoms with Crippen molar-refractivity contribution in [3.8, 4) is 0 Å². The smallest absolute Gasteiger partial charge is 0.317 e. The minimum Gasteiger partial charge on any atom is -0.349 e. The molecule has 130 valence electrons. The van der Waals surface area contributed by atoms with Crippen molar-refractivity contribution in [1.82, 2.24) is 25.5 Å². The summed E-state index contributed by atoms with van der Waals surface area (Å²) in [6, 6.07) is 8.98. The Hall–Kier alpha value is -2.96. The first-order valence-corrected chi connectivity index (χ1v) is 8.36. The molecule has 1 aliphatic rings. The molecule has 3 heterocycles. The van der Waals surface area contributed by atoms with Crippen LogP contribution in [0.4, 0.5) is 4.79 Å². The van der Waals surface area contributed by atoms with E-state index in [0.29, 0.717) is 25.2 Å². The van der Waals surface area contributed by atoms with Gasteiger partial charge in [-0.2, -0.15) is 0 Å². The second kappa shape index (κ2) is 8.23. The van der Waals surface area contributed by atoms with Crippen molar-refractivity contribution < 1.29 is 9.59 Å². The first-order chi connectivity index (χ1) is 12.2. The lowest BCUT2D eigenvalue weighted by molar-refractivity contribution is 0.0917. The van der Waals surface area contributed by atoms with Crippen LogP contribution in [0.1, 0.15) is 28.9 Å². The Morgan fingerprint density at radius 1 is 1.08 bits per heavy atom. The molecule has 0 unspecified atom stereocenters. The van der Waals surface area contributed by atoms with Crippen LogP contribution in [0.5, 0.6) is 0 Å². The molecule has 0 saturated carbocycles. The lowest BCUT2D eigenvalue weighted by atomic mass is 10.0. The molecule has 0 atom stereocenters. The van der Waals surface area contributed by atoms with Crippen LogP contribution in [-0.4, -0.2) is 45.9 Å². The zero-order valence-electron chi connectivity index (χ0n) is 13.9. The maximum Gasteiger partial charge on any atom is 0.317 e. The van der Waals surface area contributed by atoms with E-state index in [1.165, 1.54) is 0 Å². The Morgan fingerprint density at radius 3 is 2.52 bits per heavy atom. The average molecular weight is 339 g/mol. The van der Waals surface area contributed by atoms with Crippen LogP contribution in [0.2, 0.25) is 0 Å². The van der Waals surface area contributed by atoms with Crippen LogP contribution < -0.4 is 10.6 Å². The predicted octanol–water partition coefficient (Wildman–Crippen LogP) is 1.58. The van der Waals surface area contributed by atoms with Crippen LogP contribution in [0.15, 0.2) is 48.9 Å². The molecule has 7 nitrogen and oxygen atoms in total. The molecule has 2 aromatic rings. The molecule has 0 spiro atoms. The summed E-state index contributed by atoms with van der Waals surface area (Å²) in [5.74, 6) is -0.0968. The number of aromatic nitrogens is 2. The number of nitrogens with one attached hydrogen (secondary N) is 2. The van der Waals surface area contributed by atoms with E-state index in [1.54, 1.807) is 35.6 Å². The normalized spacial score (nSPS) is 14.8. The van der Waals surface area contributed by atoms with Gasteiger partial charge in [-0.15, -0.1) is 0 Å².